The number of aryl methyl sites for hydroxylation is 2. The van der Waals surface area contributed by atoms with Crippen LogP contribution >= 0.6 is 24.0 Å². The number of H-pyrrole nitrogens is 1. The molecular weight excluding hydrogens is 455 g/mol. The molecule has 0 bridgehead atoms. The van der Waals surface area contributed by atoms with E-state index in [1.807, 2.05) is 6.92 Å². The highest BCUT2D eigenvalue weighted by Gasteiger charge is 2.07. The minimum Gasteiger partial charge on any atom is -0.361 e. The Bertz CT molecular complexity index is 885. The number of guanidine groups is 1. The molecule has 2 heterocycles. The van der Waals surface area contributed by atoms with E-state index < -0.39 is 0 Å². The zero-order valence-corrected chi connectivity index (χ0v) is 18.3. The molecule has 3 aromatic rings. The van der Waals surface area contributed by atoms with Crippen molar-refractivity contribution < 1.29 is 4.52 Å². The van der Waals surface area contributed by atoms with Crippen LogP contribution in [0.4, 0.5) is 0 Å². The van der Waals surface area contributed by atoms with Crippen LogP contribution in [0.3, 0.4) is 0 Å². The van der Waals surface area contributed by atoms with Crippen molar-refractivity contribution in [2.75, 3.05) is 13.1 Å². The second-order valence-corrected chi connectivity index (χ2v) is 6.11. The van der Waals surface area contributed by atoms with Crippen molar-refractivity contribution in [1.82, 2.24) is 25.8 Å². The number of nitrogens with one attached hydrogen (secondary N) is 3. The molecule has 0 spiro atoms. The van der Waals surface area contributed by atoms with Crippen LogP contribution in [0.15, 0.2) is 33.9 Å². The van der Waals surface area contributed by atoms with Gasteiger partial charge in [-0.15, -0.1) is 24.0 Å². The molecule has 3 N–H and O–H groups in total. The molecule has 0 saturated heterocycles. The number of hydrogen-bond acceptors (Lipinski definition) is 4. The molecule has 0 fully saturated rings. The largest absolute Gasteiger partial charge is 0.361 e. The Labute approximate surface area is 176 Å². The highest BCUT2D eigenvalue weighted by molar-refractivity contribution is 14.0. The van der Waals surface area contributed by atoms with Crippen molar-refractivity contribution in [3.8, 4) is 0 Å². The van der Waals surface area contributed by atoms with Crippen molar-refractivity contribution in [2.45, 2.75) is 40.2 Å². The zero-order valence-electron chi connectivity index (χ0n) is 16.0. The third-order valence-corrected chi connectivity index (χ3v) is 4.25. The maximum atomic E-state index is 4.97. The molecule has 1 aromatic carbocycles. The summed E-state index contributed by atoms with van der Waals surface area (Å²) in [6.45, 7) is 7.97. The van der Waals surface area contributed by atoms with Crippen LogP contribution in [0.1, 0.15) is 36.7 Å². The number of aromatic nitrogens is 3. The van der Waals surface area contributed by atoms with Gasteiger partial charge in [-0.3, -0.25) is 0 Å². The third kappa shape index (κ3) is 5.44. The average Bonchev–Trinajstić information content (AvgIpc) is 3.25. The lowest BCUT2D eigenvalue weighted by molar-refractivity contribution is 0.387. The molecule has 3 rings (SSSR count). The van der Waals surface area contributed by atoms with Crippen LogP contribution in [0.5, 0.6) is 0 Å². The van der Waals surface area contributed by atoms with Gasteiger partial charge in [-0.05, 0) is 30.9 Å². The summed E-state index contributed by atoms with van der Waals surface area (Å²) in [5.41, 5.74) is 3.91. The molecule has 8 heteroatoms. The van der Waals surface area contributed by atoms with Gasteiger partial charge < -0.3 is 20.1 Å². The molecule has 146 valence electrons. The van der Waals surface area contributed by atoms with Gasteiger partial charge in [-0.25, -0.2) is 4.99 Å². The Balaban J connectivity index is 0.00000261. The summed E-state index contributed by atoms with van der Waals surface area (Å²) in [6, 6.07) is 6.49. The second-order valence-electron chi connectivity index (χ2n) is 6.11. The monoisotopic (exact) mass is 482 g/mol. The van der Waals surface area contributed by atoms with E-state index in [1.54, 1.807) is 6.92 Å². The third-order valence-electron chi connectivity index (χ3n) is 4.25. The first-order valence-corrected chi connectivity index (χ1v) is 9.10. The van der Waals surface area contributed by atoms with Gasteiger partial charge in [-0.2, -0.15) is 4.98 Å². The van der Waals surface area contributed by atoms with Gasteiger partial charge in [0.1, 0.15) is 6.54 Å². The molecule has 2 aromatic heterocycles. The molecule has 0 amide bonds. The summed E-state index contributed by atoms with van der Waals surface area (Å²) < 4.78 is 4.97. The van der Waals surface area contributed by atoms with E-state index in [4.69, 9.17) is 4.52 Å². The first-order chi connectivity index (χ1) is 12.7. The van der Waals surface area contributed by atoms with Crippen molar-refractivity contribution in [2.24, 2.45) is 4.99 Å². The van der Waals surface area contributed by atoms with E-state index in [2.05, 4.69) is 62.1 Å². The Morgan fingerprint density at radius 1 is 1.22 bits per heavy atom. The van der Waals surface area contributed by atoms with E-state index in [0.717, 1.165) is 31.9 Å². The minimum atomic E-state index is 0. The number of halogens is 1. The van der Waals surface area contributed by atoms with Crippen LogP contribution in [0.25, 0.3) is 10.9 Å². The van der Waals surface area contributed by atoms with Gasteiger partial charge in [0.2, 0.25) is 5.89 Å². The van der Waals surface area contributed by atoms with Gasteiger partial charge in [0.25, 0.3) is 0 Å². The molecule has 27 heavy (non-hydrogen) atoms. The summed E-state index contributed by atoms with van der Waals surface area (Å²) in [4.78, 5) is 12.1. The number of nitrogens with zero attached hydrogens (tertiary/aromatic N) is 3. The van der Waals surface area contributed by atoms with Crippen LogP contribution in [-0.2, 0) is 19.4 Å². The number of fused-ring (bicyclic) bond motifs is 1. The topological polar surface area (TPSA) is 91.1 Å². The quantitative estimate of drug-likeness (QED) is 0.273. The predicted octanol–water partition coefficient (Wildman–Crippen LogP) is 3.34. The molecule has 0 atom stereocenters. The fraction of sp³-hybridized carbons (Fsp3) is 0.421. The molecule has 0 unspecified atom stereocenters. The normalized spacial score (nSPS) is 11.4. The predicted molar refractivity (Wildman–Crippen MR) is 119 cm³/mol. The first-order valence-electron chi connectivity index (χ1n) is 9.10. The first kappa shape index (κ1) is 21.2. The van der Waals surface area contributed by atoms with Crippen LogP contribution in [0.2, 0.25) is 0 Å². The van der Waals surface area contributed by atoms with Gasteiger partial charge in [0.15, 0.2) is 11.8 Å². The fourth-order valence-corrected chi connectivity index (χ4v) is 2.99. The van der Waals surface area contributed by atoms with Crippen molar-refractivity contribution in [3.05, 3.63) is 47.2 Å². The van der Waals surface area contributed by atoms with Crippen molar-refractivity contribution in [1.29, 1.82) is 0 Å². The maximum Gasteiger partial charge on any atom is 0.223 e. The standard InChI is InChI=1S/C19H26N6O.HI/c1-4-14-7-6-8-16-15(11-22-18(14)16)9-10-21-19(20-5-2)23-12-17-24-13(3)26-25-17;/h6-8,11,22H,4-5,9-10,12H2,1-3H3,(H2,20,21,23);1H. The van der Waals surface area contributed by atoms with Crippen LogP contribution in [-0.4, -0.2) is 34.2 Å². The molecule has 0 aliphatic rings. The molecule has 0 aliphatic heterocycles. The summed E-state index contributed by atoms with van der Waals surface area (Å²) in [5, 5.41) is 11.8. The Kier molecular flexibility index (Phi) is 8.08. The SMILES string of the molecule is CCNC(=NCc1noc(C)n1)NCCc1c[nH]c2c(CC)cccc12.I. The lowest BCUT2D eigenvalue weighted by atomic mass is 10.1. The second kappa shape index (κ2) is 10.3. The van der Waals surface area contributed by atoms with E-state index in [-0.39, 0.29) is 24.0 Å². The van der Waals surface area contributed by atoms with Gasteiger partial charge >= 0.3 is 0 Å². The fourth-order valence-electron chi connectivity index (χ4n) is 2.99. The highest BCUT2D eigenvalue weighted by atomic mass is 127. The van der Waals surface area contributed by atoms with E-state index in [1.165, 1.54) is 22.0 Å². The van der Waals surface area contributed by atoms with E-state index >= 15 is 0 Å². The van der Waals surface area contributed by atoms with Crippen LogP contribution in [0, 0.1) is 6.92 Å². The molecular formula is C19H27IN6O. The Hall–Kier alpha value is -2.10. The number of hydrogen-bond donors (Lipinski definition) is 3. The number of benzene rings is 1. The summed E-state index contributed by atoms with van der Waals surface area (Å²) in [5.74, 6) is 1.89. The smallest absolute Gasteiger partial charge is 0.223 e. The number of para-hydroxylation sites is 1. The summed E-state index contributed by atoms with van der Waals surface area (Å²) in [7, 11) is 0. The molecule has 0 saturated carbocycles. The summed E-state index contributed by atoms with van der Waals surface area (Å²) in [6.07, 6.45) is 4.05. The Morgan fingerprint density at radius 2 is 2.07 bits per heavy atom. The number of aromatic amines is 1. The Morgan fingerprint density at radius 3 is 2.78 bits per heavy atom. The minimum absolute atomic E-state index is 0. The molecule has 0 radical (unpaired) electrons. The van der Waals surface area contributed by atoms with Crippen molar-refractivity contribution in [3.63, 3.8) is 0 Å². The van der Waals surface area contributed by atoms with Gasteiger partial charge in [0, 0.05) is 37.1 Å². The number of rotatable bonds is 7. The van der Waals surface area contributed by atoms with Gasteiger partial charge in [0.05, 0.1) is 0 Å². The van der Waals surface area contributed by atoms with E-state index in [9.17, 15) is 0 Å². The molecule has 7 nitrogen and oxygen atoms in total. The lowest BCUT2D eigenvalue weighted by Gasteiger charge is -2.10. The molecule has 0 aliphatic carbocycles. The zero-order chi connectivity index (χ0) is 18.4. The highest BCUT2D eigenvalue weighted by Crippen LogP contribution is 2.22. The van der Waals surface area contributed by atoms with Crippen LogP contribution < -0.4 is 10.6 Å². The maximum absolute atomic E-state index is 4.97. The van der Waals surface area contributed by atoms with E-state index in [0.29, 0.717) is 18.3 Å². The number of aliphatic imine (C=N–C) groups is 1. The summed E-state index contributed by atoms with van der Waals surface area (Å²) >= 11 is 0. The lowest BCUT2D eigenvalue weighted by Crippen LogP contribution is -2.38. The average molecular weight is 482 g/mol. The van der Waals surface area contributed by atoms with Crippen molar-refractivity contribution >= 4 is 40.8 Å². The van der Waals surface area contributed by atoms with Gasteiger partial charge in [-0.1, -0.05) is 30.3 Å².